The number of hydrogen-bond donors (Lipinski definition) is 2. The first-order chi connectivity index (χ1) is 7.38. The van der Waals surface area contributed by atoms with E-state index in [0.717, 1.165) is 31.6 Å². The van der Waals surface area contributed by atoms with E-state index in [4.69, 9.17) is 4.74 Å². The predicted octanol–water partition coefficient (Wildman–Crippen LogP) is 1.36. The van der Waals surface area contributed by atoms with Crippen molar-refractivity contribution in [1.82, 2.24) is 10.6 Å². The molecule has 0 atom stereocenters. The summed E-state index contributed by atoms with van der Waals surface area (Å²) in [5.41, 5.74) is 0. The fourth-order valence-corrected chi connectivity index (χ4v) is 1.39. The van der Waals surface area contributed by atoms with Crippen molar-refractivity contribution >= 4 is 29.9 Å². The highest BCUT2D eigenvalue weighted by molar-refractivity contribution is 14.0. The number of rotatable bonds is 6. The molecule has 2 fully saturated rings. The maximum absolute atomic E-state index is 5.53. The highest BCUT2D eigenvalue weighted by Gasteiger charge is 2.22. The largest absolute Gasteiger partial charge is 0.379 e. The molecule has 4 nitrogen and oxygen atoms in total. The zero-order valence-electron chi connectivity index (χ0n) is 9.87. The predicted molar refractivity (Wildman–Crippen MR) is 76.5 cm³/mol. The van der Waals surface area contributed by atoms with Crippen LogP contribution in [0.25, 0.3) is 0 Å². The van der Waals surface area contributed by atoms with Gasteiger partial charge in [-0.3, -0.25) is 4.99 Å². The number of nitrogens with zero attached hydrogens (tertiary/aromatic N) is 1. The van der Waals surface area contributed by atoms with Crippen LogP contribution in [0.1, 0.15) is 25.7 Å². The molecule has 16 heavy (non-hydrogen) atoms. The van der Waals surface area contributed by atoms with Gasteiger partial charge in [-0.25, -0.2) is 0 Å². The zero-order chi connectivity index (χ0) is 10.5. The summed E-state index contributed by atoms with van der Waals surface area (Å²) in [7, 11) is 1.81. The maximum atomic E-state index is 5.53. The molecule has 0 radical (unpaired) electrons. The van der Waals surface area contributed by atoms with Gasteiger partial charge in [0.05, 0.1) is 6.61 Å². The molecular formula is C11H22IN3O. The quantitative estimate of drug-likeness (QED) is 0.332. The molecule has 2 saturated carbocycles. The van der Waals surface area contributed by atoms with Gasteiger partial charge < -0.3 is 15.4 Å². The minimum absolute atomic E-state index is 0. The van der Waals surface area contributed by atoms with E-state index in [2.05, 4.69) is 15.6 Å². The Morgan fingerprint density at radius 3 is 2.62 bits per heavy atom. The van der Waals surface area contributed by atoms with Crippen molar-refractivity contribution in [3.05, 3.63) is 0 Å². The lowest BCUT2D eigenvalue weighted by Crippen LogP contribution is -2.40. The standard InChI is InChI=1S/C11H21N3O.HI/c1-12-11(14-10-4-5-10)13-6-7-15-8-9-2-3-9;/h9-10H,2-8H2,1H3,(H2,12,13,14);1H. The summed E-state index contributed by atoms with van der Waals surface area (Å²) in [6.07, 6.45) is 5.27. The van der Waals surface area contributed by atoms with Crippen molar-refractivity contribution in [1.29, 1.82) is 0 Å². The Kier molecular flexibility index (Phi) is 6.41. The summed E-state index contributed by atoms with van der Waals surface area (Å²) in [6, 6.07) is 0.656. The van der Waals surface area contributed by atoms with Crippen LogP contribution in [0.2, 0.25) is 0 Å². The molecule has 5 heteroatoms. The van der Waals surface area contributed by atoms with Crippen LogP contribution < -0.4 is 10.6 Å². The Balaban J connectivity index is 0.00000128. The van der Waals surface area contributed by atoms with E-state index in [0.29, 0.717) is 6.04 Å². The number of aliphatic imine (C=N–C) groups is 1. The van der Waals surface area contributed by atoms with E-state index >= 15 is 0 Å². The monoisotopic (exact) mass is 339 g/mol. The SMILES string of the molecule is CN=C(NCCOCC1CC1)NC1CC1.I. The summed E-state index contributed by atoms with van der Waals surface area (Å²) in [6.45, 7) is 2.57. The summed E-state index contributed by atoms with van der Waals surface area (Å²) >= 11 is 0. The lowest BCUT2D eigenvalue weighted by Gasteiger charge is -2.10. The van der Waals surface area contributed by atoms with Gasteiger partial charge in [0, 0.05) is 26.2 Å². The van der Waals surface area contributed by atoms with Crippen LogP contribution in [-0.4, -0.2) is 38.8 Å². The van der Waals surface area contributed by atoms with Crippen LogP contribution in [0.15, 0.2) is 4.99 Å². The summed E-state index contributed by atoms with van der Waals surface area (Å²) in [4.78, 5) is 4.15. The molecule has 0 aromatic carbocycles. The van der Waals surface area contributed by atoms with Crippen LogP contribution in [-0.2, 0) is 4.74 Å². The van der Waals surface area contributed by atoms with Gasteiger partial charge >= 0.3 is 0 Å². The van der Waals surface area contributed by atoms with Crippen molar-refractivity contribution in [2.75, 3.05) is 26.8 Å². The number of ether oxygens (including phenoxy) is 1. The summed E-state index contributed by atoms with van der Waals surface area (Å²) in [5, 5.41) is 6.58. The van der Waals surface area contributed by atoms with Crippen molar-refractivity contribution < 1.29 is 4.74 Å². The molecule has 0 saturated heterocycles. The first kappa shape index (κ1) is 14.0. The second kappa shape index (κ2) is 7.32. The summed E-state index contributed by atoms with van der Waals surface area (Å²) < 4.78 is 5.53. The number of hydrogen-bond acceptors (Lipinski definition) is 2. The first-order valence-electron chi connectivity index (χ1n) is 5.93. The van der Waals surface area contributed by atoms with Gasteiger partial charge in [0.15, 0.2) is 5.96 Å². The molecule has 94 valence electrons. The van der Waals surface area contributed by atoms with Crippen molar-refractivity contribution in [3.8, 4) is 0 Å². The highest BCUT2D eigenvalue weighted by atomic mass is 127. The van der Waals surface area contributed by atoms with E-state index in [1.54, 1.807) is 0 Å². The molecule has 0 aliphatic heterocycles. The third-order valence-corrected chi connectivity index (χ3v) is 2.73. The zero-order valence-corrected chi connectivity index (χ0v) is 12.2. The third kappa shape index (κ3) is 5.89. The van der Waals surface area contributed by atoms with E-state index in [-0.39, 0.29) is 24.0 Å². The second-order valence-corrected chi connectivity index (χ2v) is 4.44. The van der Waals surface area contributed by atoms with Crippen LogP contribution >= 0.6 is 24.0 Å². The van der Waals surface area contributed by atoms with Gasteiger partial charge in [-0.15, -0.1) is 24.0 Å². The highest BCUT2D eigenvalue weighted by Crippen LogP contribution is 2.28. The normalized spacial score (nSPS) is 20.2. The molecule has 0 unspecified atom stereocenters. The topological polar surface area (TPSA) is 45.7 Å². The smallest absolute Gasteiger partial charge is 0.191 e. The molecule has 2 aliphatic carbocycles. The first-order valence-corrected chi connectivity index (χ1v) is 5.93. The molecule has 0 spiro atoms. The van der Waals surface area contributed by atoms with Gasteiger partial charge in [-0.2, -0.15) is 0 Å². The molecule has 0 aromatic heterocycles. The van der Waals surface area contributed by atoms with Crippen LogP contribution in [0.3, 0.4) is 0 Å². The fourth-order valence-electron chi connectivity index (χ4n) is 1.39. The van der Waals surface area contributed by atoms with Gasteiger partial charge in [-0.1, -0.05) is 0 Å². The lowest BCUT2D eigenvalue weighted by molar-refractivity contribution is 0.129. The number of halogens is 1. The minimum atomic E-state index is 0. The molecule has 0 amide bonds. The van der Waals surface area contributed by atoms with Crippen molar-refractivity contribution in [2.24, 2.45) is 10.9 Å². The number of nitrogens with one attached hydrogen (secondary N) is 2. The van der Waals surface area contributed by atoms with Crippen LogP contribution in [0.5, 0.6) is 0 Å². The Morgan fingerprint density at radius 1 is 1.31 bits per heavy atom. The van der Waals surface area contributed by atoms with Crippen LogP contribution in [0, 0.1) is 5.92 Å². The molecule has 0 aromatic rings. The van der Waals surface area contributed by atoms with E-state index in [1.165, 1.54) is 25.7 Å². The lowest BCUT2D eigenvalue weighted by atomic mass is 10.5. The van der Waals surface area contributed by atoms with Gasteiger partial charge in [0.25, 0.3) is 0 Å². The molecular weight excluding hydrogens is 317 g/mol. The second-order valence-electron chi connectivity index (χ2n) is 4.44. The van der Waals surface area contributed by atoms with Gasteiger partial charge in [0.2, 0.25) is 0 Å². The Bertz CT molecular complexity index is 227. The third-order valence-electron chi connectivity index (χ3n) is 2.73. The van der Waals surface area contributed by atoms with Crippen LogP contribution in [0.4, 0.5) is 0 Å². The van der Waals surface area contributed by atoms with Crippen molar-refractivity contribution in [2.45, 2.75) is 31.7 Å². The number of guanidine groups is 1. The molecule has 0 heterocycles. The van der Waals surface area contributed by atoms with E-state index in [1.807, 2.05) is 7.05 Å². The Labute approximate surface area is 115 Å². The minimum Gasteiger partial charge on any atom is -0.379 e. The molecule has 2 rings (SSSR count). The summed E-state index contributed by atoms with van der Waals surface area (Å²) in [5.74, 6) is 1.77. The Hall–Kier alpha value is -0.0400. The average molecular weight is 339 g/mol. The molecule has 2 aliphatic rings. The van der Waals surface area contributed by atoms with Gasteiger partial charge in [-0.05, 0) is 31.6 Å². The Morgan fingerprint density at radius 2 is 2.06 bits per heavy atom. The molecule has 2 N–H and O–H groups in total. The van der Waals surface area contributed by atoms with Crippen molar-refractivity contribution in [3.63, 3.8) is 0 Å². The average Bonchev–Trinajstić information content (AvgIpc) is 3.10. The van der Waals surface area contributed by atoms with Gasteiger partial charge in [0.1, 0.15) is 0 Å². The van der Waals surface area contributed by atoms with E-state index in [9.17, 15) is 0 Å². The fraction of sp³-hybridized carbons (Fsp3) is 0.909. The molecule has 0 bridgehead atoms. The van der Waals surface area contributed by atoms with E-state index < -0.39 is 0 Å². The maximum Gasteiger partial charge on any atom is 0.191 e.